The Kier molecular flexibility index (Phi) is 4.27. The molecule has 1 saturated heterocycles. The van der Waals surface area contributed by atoms with E-state index < -0.39 is 5.97 Å². The number of aromatic carboxylic acids is 1. The zero-order chi connectivity index (χ0) is 13.8. The van der Waals surface area contributed by atoms with E-state index >= 15 is 0 Å². The van der Waals surface area contributed by atoms with Gasteiger partial charge in [0.05, 0.1) is 11.3 Å². The number of anilines is 2. The van der Waals surface area contributed by atoms with Crippen molar-refractivity contribution in [3.63, 3.8) is 0 Å². The van der Waals surface area contributed by atoms with E-state index in [1.54, 1.807) is 12.1 Å². The Labute approximate surface area is 112 Å². The van der Waals surface area contributed by atoms with Gasteiger partial charge in [-0.3, -0.25) is 0 Å². The van der Waals surface area contributed by atoms with Crippen molar-refractivity contribution in [2.75, 3.05) is 30.3 Å². The third-order valence-corrected chi connectivity index (χ3v) is 3.65. The molecule has 0 bridgehead atoms. The number of hydrogen-bond acceptors (Lipinski definition) is 4. The van der Waals surface area contributed by atoms with Gasteiger partial charge in [0.15, 0.2) is 0 Å². The van der Waals surface area contributed by atoms with Crippen LogP contribution in [0.15, 0.2) is 18.2 Å². The average Bonchev–Trinajstić information content (AvgIpc) is 2.39. The highest BCUT2D eigenvalue weighted by molar-refractivity contribution is 5.95. The number of piperidine rings is 1. The second-order valence-electron chi connectivity index (χ2n) is 5.05. The van der Waals surface area contributed by atoms with Crippen LogP contribution in [0.25, 0.3) is 0 Å². The fourth-order valence-electron chi connectivity index (χ4n) is 2.70. The van der Waals surface area contributed by atoms with Gasteiger partial charge in [-0.1, -0.05) is 0 Å². The van der Waals surface area contributed by atoms with Gasteiger partial charge in [0.2, 0.25) is 0 Å². The quantitative estimate of drug-likeness (QED) is 0.718. The van der Waals surface area contributed by atoms with E-state index in [1.807, 2.05) is 0 Å². The molecule has 1 fully saturated rings. The van der Waals surface area contributed by atoms with E-state index in [1.165, 1.54) is 6.07 Å². The monoisotopic (exact) mass is 264 g/mol. The molecular formula is C14H20N2O3. The summed E-state index contributed by atoms with van der Waals surface area (Å²) in [5, 5.41) is 18.3. The van der Waals surface area contributed by atoms with Gasteiger partial charge in [0.1, 0.15) is 0 Å². The zero-order valence-corrected chi connectivity index (χ0v) is 10.9. The van der Waals surface area contributed by atoms with Crippen LogP contribution in [-0.4, -0.2) is 35.9 Å². The van der Waals surface area contributed by atoms with Crippen molar-refractivity contribution in [3.8, 4) is 0 Å². The molecule has 0 amide bonds. The molecule has 0 saturated carbocycles. The van der Waals surface area contributed by atoms with Crippen molar-refractivity contribution < 1.29 is 15.0 Å². The van der Waals surface area contributed by atoms with Gasteiger partial charge in [0.25, 0.3) is 0 Å². The number of carboxylic acid groups (broad SMARTS) is 1. The number of rotatable bonds is 4. The molecule has 1 aliphatic heterocycles. The first-order chi connectivity index (χ1) is 9.11. The SMILES string of the molecule is Nc1ccc(N2CCCC(CCO)C2)c(C(=O)O)c1. The number of hydrogen-bond donors (Lipinski definition) is 3. The van der Waals surface area contributed by atoms with Crippen molar-refractivity contribution in [2.24, 2.45) is 5.92 Å². The summed E-state index contributed by atoms with van der Waals surface area (Å²) in [6, 6.07) is 5.02. The molecule has 4 N–H and O–H groups in total. The number of carboxylic acids is 1. The molecule has 1 heterocycles. The first kappa shape index (κ1) is 13.7. The number of carbonyl (C=O) groups is 1. The molecule has 0 aliphatic carbocycles. The van der Waals surface area contributed by atoms with Gasteiger partial charge in [0, 0.05) is 25.4 Å². The fraction of sp³-hybridized carbons (Fsp3) is 0.500. The number of aliphatic hydroxyl groups is 1. The Morgan fingerprint density at radius 3 is 2.95 bits per heavy atom. The summed E-state index contributed by atoms with van der Waals surface area (Å²) in [5.41, 5.74) is 7.10. The van der Waals surface area contributed by atoms with Crippen molar-refractivity contribution in [3.05, 3.63) is 23.8 Å². The van der Waals surface area contributed by atoms with Crippen molar-refractivity contribution >= 4 is 17.3 Å². The lowest BCUT2D eigenvalue weighted by Crippen LogP contribution is -2.36. The largest absolute Gasteiger partial charge is 0.478 e. The normalized spacial score (nSPS) is 19.4. The lowest BCUT2D eigenvalue weighted by Gasteiger charge is -2.35. The highest BCUT2D eigenvalue weighted by atomic mass is 16.4. The van der Waals surface area contributed by atoms with Crippen LogP contribution >= 0.6 is 0 Å². The van der Waals surface area contributed by atoms with E-state index in [4.69, 9.17) is 10.8 Å². The summed E-state index contributed by atoms with van der Waals surface area (Å²) in [4.78, 5) is 13.4. The minimum atomic E-state index is -0.952. The van der Waals surface area contributed by atoms with Crippen LogP contribution < -0.4 is 10.6 Å². The Morgan fingerprint density at radius 2 is 2.26 bits per heavy atom. The number of nitrogen functional groups attached to an aromatic ring is 1. The van der Waals surface area contributed by atoms with Gasteiger partial charge < -0.3 is 20.8 Å². The van der Waals surface area contributed by atoms with Crippen LogP contribution in [0.1, 0.15) is 29.6 Å². The summed E-state index contributed by atoms with van der Waals surface area (Å²) in [5.74, 6) is -0.524. The van der Waals surface area contributed by atoms with Crippen LogP contribution in [0, 0.1) is 5.92 Å². The molecule has 0 spiro atoms. The molecule has 1 aromatic carbocycles. The lowest BCUT2D eigenvalue weighted by atomic mass is 9.94. The van der Waals surface area contributed by atoms with Crippen molar-refractivity contribution in [1.29, 1.82) is 0 Å². The smallest absolute Gasteiger partial charge is 0.337 e. The maximum Gasteiger partial charge on any atom is 0.337 e. The Bertz CT molecular complexity index is 460. The van der Waals surface area contributed by atoms with Gasteiger partial charge >= 0.3 is 5.97 Å². The molecule has 19 heavy (non-hydrogen) atoms. The topological polar surface area (TPSA) is 86.8 Å². The van der Waals surface area contributed by atoms with E-state index in [2.05, 4.69) is 4.90 Å². The summed E-state index contributed by atoms with van der Waals surface area (Å²) in [6.45, 7) is 1.84. The van der Waals surface area contributed by atoms with Crippen LogP contribution in [0.3, 0.4) is 0 Å². The fourth-order valence-corrected chi connectivity index (χ4v) is 2.70. The number of nitrogens with zero attached hydrogens (tertiary/aromatic N) is 1. The predicted octanol–water partition coefficient (Wildman–Crippen LogP) is 1.57. The second-order valence-corrected chi connectivity index (χ2v) is 5.05. The van der Waals surface area contributed by atoms with Gasteiger partial charge in [-0.25, -0.2) is 4.79 Å². The lowest BCUT2D eigenvalue weighted by molar-refractivity contribution is 0.0697. The summed E-state index contributed by atoms with van der Waals surface area (Å²) < 4.78 is 0. The maximum absolute atomic E-state index is 11.3. The van der Waals surface area contributed by atoms with Gasteiger partial charge in [-0.05, 0) is 43.4 Å². The highest BCUT2D eigenvalue weighted by Gasteiger charge is 2.23. The zero-order valence-electron chi connectivity index (χ0n) is 10.9. The summed E-state index contributed by atoms with van der Waals surface area (Å²) in [7, 11) is 0. The van der Waals surface area contributed by atoms with E-state index in [0.717, 1.165) is 38.0 Å². The third-order valence-electron chi connectivity index (χ3n) is 3.65. The molecule has 104 valence electrons. The molecule has 1 aromatic rings. The molecule has 0 aromatic heterocycles. The third kappa shape index (κ3) is 3.17. The van der Waals surface area contributed by atoms with E-state index in [0.29, 0.717) is 11.6 Å². The van der Waals surface area contributed by atoms with Gasteiger partial charge in [-0.15, -0.1) is 0 Å². The van der Waals surface area contributed by atoms with E-state index in [-0.39, 0.29) is 12.2 Å². The van der Waals surface area contributed by atoms with E-state index in [9.17, 15) is 9.90 Å². The standard InChI is InChI=1S/C14H20N2O3/c15-11-3-4-13(12(8-11)14(18)19)16-6-1-2-10(9-16)5-7-17/h3-4,8,10,17H,1-2,5-7,9,15H2,(H,18,19). The molecule has 1 unspecified atom stereocenters. The van der Waals surface area contributed by atoms with Crippen molar-refractivity contribution in [1.82, 2.24) is 0 Å². The maximum atomic E-state index is 11.3. The van der Waals surface area contributed by atoms with Crippen LogP contribution in [0.4, 0.5) is 11.4 Å². The Hall–Kier alpha value is -1.75. The number of benzene rings is 1. The minimum absolute atomic E-state index is 0.187. The molecule has 1 atom stereocenters. The Balaban J connectivity index is 2.23. The molecule has 0 radical (unpaired) electrons. The summed E-state index contributed by atoms with van der Waals surface area (Å²) >= 11 is 0. The molecule has 2 rings (SSSR count). The summed E-state index contributed by atoms with van der Waals surface area (Å²) in [6.07, 6.45) is 2.89. The first-order valence-corrected chi connectivity index (χ1v) is 6.60. The number of nitrogens with two attached hydrogens (primary N) is 1. The second kappa shape index (κ2) is 5.93. The van der Waals surface area contributed by atoms with Crippen molar-refractivity contribution in [2.45, 2.75) is 19.3 Å². The number of aliphatic hydroxyl groups excluding tert-OH is 1. The van der Waals surface area contributed by atoms with Crippen LogP contribution in [0.2, 0.25) is 0 Å². The molecular weight excluding hydrogens is 244 g/mol. The molecule has 5 heteroatoms. The Morgan fingerprint density at radius 1 is 1.47 bits per heavy atom. The molecule has 1 aliphatic rings. The molecule has 5 nitrogen and oxygen atoms in total. The van der Waals surface area contributed by atoms with Crippen LogP contribution in [-0.2, 0) is 0 Å². The first-order valence-electron chi connectivity index (χ1n) is 6.60. The van der Waals surface area contributed by atoms with Crippen LogP contribution in [0.5, 0.6) is 0 Å². The highest BCUT2D eigenvalue weighted by Crippen LogP contribution is 2.29. The average molecular weight is 264 g/mol. The minimum Gasteiger partial charge on any atom is -0.478 e. The van der Waals surface area contributed by atoms with Gasteiger partial charge in [-0.2, -0.15) is 0 Å². The predicted molar refractivity (Wildman–Crippen MR) is 74.5 cm³/mol.